The van der Waals surface area contributed by atoms with E-state index in [1.165, 1.54) is 40.6 Å². The summed E-state index contributed by atoms with van der Waals surface area (Å²) in [7, 11) is 5.06. The fourth-order valence-corrected chi connectivity index (χ4v) is 3.28. The number of hydrogen-bond donors (Lipinski definition) is 0. The number of carbonyl (C=O) groups excluding carboxylic acids is 4. The van der Waals surface area contributed by atoms with E-state index in [4.69, 9.17) is 18.9 Å². The van der Waals surface area contributed by atoms with Crippen molar-refractivity contribution in [3.8, 4) is 23.7 Å². The third kappa shape index (κ3) is 8.87. The van der Waals surface area contributed by atoms with Crippen molar-refractivity contribution >= 4 is 23.9 Å². The summed E-state index contributed by atoms with van der Waals surface area (Å²) in [5, 5.41) is 0. The monoisotopic (exact) mass is 504 g/mol. The molecule has 0 bridgehead atoms. The maximum absolute atomic E-state index is 11.9. The summed E-state index contributed by atoms with van der Waals surface area (Å²) in [5.41, 5.74) is 1.95. The number of methoxy groups -OCH3 is 4. The molecule has 2 aromatic carbocycles. The second-order valence-electron chi connectivity index (χ2n) is 7.73. The summed E-state index contributed by atoms with van der Waals surface area (Å²) in [6.07, 6.45) is 3.86. The van der Waals surface area contributed by atoms with Crippen molar-refractivity contribution in [2.75, 3.05) is 28.4 Å². The van der Waals surface area contributed by atoms with Gasteiger partial charge in [-0.05, 0) is 49.2 Å². The van der Waals surface area contributed by atoms with Crippen LogP contribution in [-0.4, -0.2) is 52.3 Å². The van der Waals surface area contributed by atoms with Gasteiger partial charge in [0.2, 0.25) is 0 Å². The summed E-state index contributed by atoms with van der Waals surface area (Å²) in [6.45, 7) is 0. The van der Waals surface area contributed by atoms with Gasteiger partial charge in [-0.15, -0.1) is 0 Å². The minimum atomic E-state index is -0.562. The zero-order valence-corrected chi connectivity index (χ0v) is 21.3. The standard InChI is InChI=1S/C29H28O8/c1-34-26(30)22-14-20(15-23(18-22)27(31)35-2)12-10-8-6-5-7-9-11-13-21-16-24(28(32)36-3)19-25(17-21)29(33)37-4/h14-19H,5-9H2,1-4H3. The fraction of sp³-hybridized carbons (Fsp3) is 0.310. The summed E-state index contributed by atoms with van der Waals surface area (Å²) in [4.78, 5) is 47.5. The fourth-order valence-electron chi connectivity index (χ4n) is 3.28. The molecule has 0 amide bonds. The molecule has 0 heterocycles. The molecule has 2 rings (SSSR count). The molecular weight excluding hydrogens is 476 g/mol. The molecule has 0 spiro atoms. The van der Waals surface area contributed by atoms with E-state index >= 15 is 0 Å². The van der Waals surface area contributed by atoms with E-state index in [9.17, 15) is 19.2 Å². The van der Waals surface area contributed by atoms with Gasteiger partial charge < -0.3 is 18.9 Å². The Bertz CT molecular complexity index is 1120. The highest BCUT2D eigenvalue weighted by molar-refractivity contribution is 5.96. The zero-order chi connectivity index (χ0) is 27.2. The first-order valence-electron chi connectivity index (χ1n) is 11.4. The lowest BCUT2D eigenvalue weighted by Gasteiger charge is -2.04. The molecule has 0 N–H and O–H groups in total. The largest absolute Gasteiger partial charge is 0.465 e. The van der Waals surface area contributed by atoms with Gasteiger partial charge in [0.25, 0.3) is 0 Å². The molecule has 0 atom stereocenters. The van der Waals surface area contributed by atoms with Crippen LogP contribution in [0.25, 0.3) is 0 Å². The van der Waals surface area contributed by atoms with E-state index in [1.54, 1.807) is 24.3 Å². The van der Waals surface area contributed by atoms with Crippen LogP contribution in [-0.2, 0) is 18.9 Å². The average Bonchev–Trinajstić information content (AvgIpc) is 2.93. The average molecular weight is 505 g/mol. The highest BCUT2D eigenvalue weighted by atomic mass is 16.5. The van der Waals surface area contributed by atoms with Gasteiger partial charge in [0.15, 0.2) is 0 Å². The second kappa shape index (κ2) is 14.8. The van der Waals surface area contributed by atoms with E-state index < -0.39 is 23.9 Å². The highest BCUT2D eigenvalue weighted by Crippen LogP contribution is 2.14. The first kappa shape index (κ1) is 28.7. The summed E-state index contributed by atoms with van der Waals surface area (Å²) >= 11 is 0. The summed E-state index contributed by atoms with van der Waals surface area (Å²) < 4.78 is 18.9. The Balaban J connectivity index is 1.92. The van der Waals surface area contributed by atoms with Gasteiger partial charge in [-0.25, -0.2) is 19.2 Å². The summed E-state index contributed by atoms with van der Waals surface area (Å²) in [5.74, 6) is 9.81. The lowest BCUT2D eigenvalue weighted by atomic mass is 10.0. The number of unbranched alkanes of at least 4 members (excludes halogenated alkanes) is 4. The topological polar surface area (TPSA) is 105 Å². The number of rotatable bonds is 8. The highest BCUT2D eigenvalue weighted by Gasteiger charge is 2.14. The van der Waals surface area contributed by atoms with Gasteiger partial charge in [-0.2, -0.15) is 0 Å². The molecule has 8 heteroatoms. The Morgan fingerprint density at radius 3 is 1.08 bits per heavy atom. The van der Waals surface area contributed by atoms with Crippen molar-refractivity contribution in [2.45, 2.75) is 32.1 Å². The van der Waals surface area contributed by atoms with Crippen LogP contribution in [0.4, 0.5) is 0 Å². The number of hydrogen-bond acceptors (Lipinski definition) is 8. The smallest absolute Gasteiger partial charge is 0.337 e. The molecule has 0 fully saturated rings. The number of ether oxygens (including phenoxy) is 4. The van der Waals surface area contributed by atoms with E-state index in [2.05, 4.69) is 23.7 Å². The summed E-state index contributed by atoms with van der Waals surface area (Å²) in [6, 6.07) is 9.10. The van der Waals surface area contributed by atoms with Gasteiger partial charge in [0, 0.05) is 24.0 Å². The van der Waals surface area contributed by atoms with Crippen LogP contribution in [0.2, 0.25) is 0 Å². The van der Waals surface area contributed by atoms with Crippen LogP contribution >= 0.6 is 0 Å². The molecule has 0 aliphatic carbocycles. The predicted molar refractivity (Wildman–Crippen MR) is 135 cm³/mol. The zero-order valence-electron chi connectivity index (χ0n) is 21.3. The second-order valence-corrected chi connectivity index (χ2v) is 7.73. The Kier molecular flexibility index (Phi) is 11.4. The van der Waals surface area contributed by atoms with E-state index in [0.717, 1.165) is 19.3 Å². The minimum absolute atomic E-state index is 0.226. The van der Waals surface area contributed by atoms with Crippen LogP contribution in [0, 0.1) is 23.7 Å². The predicted octanol–water partition coefficient (Wildman–Crippen LogP) is 4.19. The van der Waals surface area contributed by atoms with Crippen LogP contribution in [0.3, 0.4) is 0 Å². The van der Waals surface area contributed by atoms with Crippen molar-refractivity contribution in [2.24, 2.45) is 0 Å². The molecule has 37 heavy (non-hydrogen) atoms. The number of carbonyl (C=O) groups is 4. The van der Waals surface area contributed by atoms with Crippen molar-refractivity contribution in [3.63, 3.8) is 0 Å². The van der Waals surface area contributed by atoms with Crippen molar-refractivity contribution in [3.05, 3.63) is 69.8 Å². The molecule has 2 aromatic rings. The van der Waals surface area contributed by atoms with Crippen LogP contribution in [0.5, 0.6) is 0 Å². The third-order valence-electron chi connectivity index (χ3n) is 5.12. The van der Waals surface area contributed by atoms with Gasteiger partial charge in [0.1, 0.15) is 0 Å². The van der Waals surface area contributed by atoms with E-state index in [1.807, 2.05) is 0 Å². The first-order valence-corrected chi connectivity index (χ1v) is 11.4. The van der Waals surface area contributed by atoms with Crippen LogP contribution in [0.15, 0.2) is 36.4 Å². The Hall–Kier alpha value is -4.56. The lowest BCUT2D eigenvalue weighted by Crippen LogP contribution is -2.07. The molecule has 0 saturated carbocycles. The maximum atomic E-state index is 11.9. The van der Waals surface area contributed by atoms with Gasteiger partial charge in [-0.3, -0.25) is 0 Å². The molecule has 0 unspecified atom stereocenters. The molecular formula is C29H28O8. The molecule has 8 nitrogen and oxygen atoms in total. The quantitative estimate of drug-likeness (QED) is 0.228. The van der Waals surface area contributed by atoms with E-state index in [-0.39, 0.29) is 22.3 Å². The molecule has 0 saturated heterocycles. The van der Waals surface area contributed by atoms with Gasteiger partial charge in [0.05, 0.1) is 50.7 Å². The van der Waals surface area contributed by atoms with Crippen molar-refractivity contribution in [1.82, 2.24) is 0 Å². The maximum Gasteiger partial charge on any atom is 0.337 e. The third-order valence-corrected chi connectivity index (χ3v) is 5.12. The van der Waals surface area contributed by atoms with Gasteiger partial charge in [-0.1, -0.05) is 30.1 Å². The molecule has 0 radical (unpaired) electrons. The van der Waals surface area contributed by atoms with Crippen molar-refractivity contribution < 1.29 is 38.1 Å². The Labute approximate surface area is 216 Å². The lowest BCUT2D eigenvalue weighted by molar-refractivity contribution is 0.0581. The molecule has 0 aliphatic rings. The number of benzene rings is 2. The van der Waals surface area contributed by atoms with Crippen LogP contribution < -0.4 is 0 Å². The SMILES string of the molecule is COC(=O)c1cc(C#CCCCCCC#Cc2cc(C(=O)OC)cc(C(=O)OC)c2)cc(C(=O)OC)c1. The van der Waals surface area contributed by atoms with Crippen LogP contribution in [0.1, 0.15) is 84.7 Å². The van der Waals surface area contributed by atoms with Gasteiger partial charge >= 0.3 is 23.9 Å². The van der Waals surface area contributed by atoms with Crippen molar-refractivity contribution in [1.29, 1.82) is 0 Å². The molecule has 192 valence electrons. The number of esters is 4. The molecule has 0 aliphatic heterocycles. The molecule has 0 aromatic heterocycles. The minimum Gasteiger partial charge on any atom is -0.465 e. The first-order chi connectivity index (χ1) is 17.8. The Morgan fingerprint density at radius 1 is 0.514 bits per heavy atom. The normalized spacial score (nSPS) is 9.62. The Morgan fingerprint density at radius 2 is 0.811 bits per heavy atom. The van der Waals surface area contributed by atoms with E-state index in [0.29, 0.717) is 24.0 Å².